The molecule has 2 aromatic carbocycles. The quantitative estimate of drug-likeness (QED) is 0.736. The van der Waals surface area contributed by atoms with Crippen molar-refractivity contribution in [3.63, 3.8) is 0 Å². The van der Waals surface area contributed by atoms with Gasteiger partial charge in [-0.05, 0) is 48.2 Å². The molecule has 0 atom stereocenters. The molecule has 0 aliphatic heterocycles. The summed E-state index contributed by atoms with van der Waals surface area (Å²) in [6, 6.07) is 14.5. The van der Waals surface area contributed by atoms with Gasteiger partial charge in [0.25, 0.3) is 0 Å². The number of fused-ring (bicyclic) bond motifs is 1. The van der Waals surface area contributed by atoms with Gasteiger partial charge in [-0.15, -0.1) is 0 Å². The second-order valence-electron chi connectivity index (χ2n) is 5.12. The molecule has 3 rings (SSSR count). The zero-order valence-corrected chi connectivity index (χ0v) is 11.8. The number of ether oxygens (including phenoxy) is 1. The molecule has 0 saturated carbocycles. The van der Waals surface area contributed by atoms with Gasteiger partial charge in [0.2, 0.25) is 0 Å². The molecule has 0 spiro atoms. The zero-order valence-electron chi connectivity index (χ0n) is 11.8. The molecule has 0 fully saturated rings. The highest BCUT2D eigenvalue weighted by atomic mass is 16.5. The van der Waals surface area contributed by atoms with Crippen LogP contribution in [0.1, 0.15) is 11.1 Å². The lowest BCUT2D eigenvalue weighted by Gasteiger charge is -2.09. The lowest BCUT2D eigenvalue weighted by molar-refractivity contribution is 0.414. The maximum absolute atomic E-state index is 5.91. The van der Waals surface area contributed by atoms with E-state index in [-0.39, 0.29) is 0 Å². The molecular weight excluding hydrogens is 248 g/mol. The summed E-state index contributed by atoms with van der Waals surface area (Å²) in [7, 11) is 1.66. The molecule has 0 radical (unpaired) electrons. The lowest BCUT2D eigenvalue weighted by atomic mass is 10.1. The molecule has 20 heavy (non-hydrogen) atoms. The highest BCUT2D eigenvalue weighted by Crippen LogP contribution is 2.22. The molecule has 0 aliphatic rings. The van der Waals surface area contributed by atoms with Gasteiger partial charge in [0, 0.05) is 30.0 Å². The summed E-state index contributed by atoms with van der Waals surface area (Å²) in [5.41, 5.74) is 10.3. The number of rotatable bonds is 3. The van der Waals surface area contributed by atoms with Gasteiger partial charge in [-0.2, -0.15) is 0 Å². The number of hydrogen-bond donors (Lipinski definition) is 1. The summed E-state index contributed by atoms with van der Waals surface area (Å²) in [6.45, 7) is 2.90. The van der Waals surface area contributed by atoms with Gasteiger partial charge in [-0.3, -0.25) is 0 Å². The molecule has 1 heterocycles. The van der Waals surface area contributed by atoms with Crippen molar-refractivity contribution in [2.45, 2.75) is 13.5 Å². The number of anilines is 1. The third-order valence-corrected chi connectivity index (χ3v) is 3.50. The number of nitrogen functional groups attached to an aromatic ring is 1. The van der Waals surface area contributed by atoms with Crippen LogP contribution in [0.4, 0.5) is 5.69 Å². The number of aryl methyl sites for hydroxylation is 1. The lowest BCUT2D eigenvalue weighted by Crippen LogP contribution is -2.00. The number of nitrogens with two attached hydrogens (primary N) is 1. The topological polar surface area (TPSA) is 40.2 Å². The Labute approximate surface area is 118 Å². The first kappa shape index (κ1) is 12.6. The summed E-state index contributed by atoms with van der Waals surface area (Å²) in [5, 5.41) is 1.26. The highest BCUT2D eigenvalue weighted by molar-refractivity contribution is 5.80. The van der Waals surface area contributed by atoms with Crippen molar-refractivity contribution < 1.29 is 4.74 Å². The Hall–Kier alpha value is -2.42. The molecular formula is C17H18N2O. The first-order valence-corrected chi connectivity index (χ1v) is 6.64. The minimum absolute atomic E-state index is 0.728. The molecule has 3 nitrogen and oxygen atoms in total. The largest absolute Gasteiger partial charge is 0.497 e. The Morgan fingerprint density at radius 2 is 1.95 bits per heavy atom. The van der Waals surface area contributed by atoms with Crippen LogP contribution in [0.2, 0.25) is 0 Å². The van der Waals surface area contributed by atoms with Crippen LogP contribution in [0.25, 0.3) is 10.9 Å². The van der Waals surface area contributed by atoms with Crippen LogP contribution >= 0.6 is 0 Å². The van der Waals surface area contributed by atoms with Crippen molar-refractivity contribution in [2.75, 3.05) is 12.8 Å². The second-order valence-corrected chi connectivity index (χ2v) is 5.12. The van der Waals surface area contributed by atoms with Crippen LogP contribution in [0.15, 0.2) is 48.7 Å². The van der Waals surface area contributed by atoms with Gasteiger partial charge in [0.15, 0.2) is 0 Å². The van der Waals surface area contributed by atoms with E-state index in [1.807, 2.05) is 18.2 Å². The van der Waals surface area contributed by atoms with Crippen molar-refractivity contribution in [1.29, 1.82) is 0 Å². The minimum Gasteiger partial charge on any atom is -0.497 e. The molecule has 2 N–H and O–H groups in total. The van der Waals surface area contributed by atoms with E-state index in [0.29, 0.717) is 0 Å². The number of methoxy groups -OCH3 is 1. The Morgan fingerprint density at radius 3 is 2.75 bits per heavy atom. The maximum Gasteiger partial charge on any atom is 0.121 e. The Morgan fingerprint density at radius 1 is 1.10 bits per heavy atom. The monoisotopic (exact) mass is 266 g/mol. The summed E-state index contributed by atoms with van der Waals surface area (Å²) in [5.74, 6) is 0.798. The van der Waals surface area contributed by atoms with Crippen LogP contribution in [-0.2, 0) is 6.54 Å². The summed E-state index contributed by atoms with van der Waals surface area (Å²) >= 11 is 0. The first-order valence-electron chi connectivity index (χ1n) is 6.64. The molecule has 0 saturated heterocycles. The van der Waals surface area contributed by atoms with E-state index in [0.717, 1.165) is 23.5 Å². The van der Waals surface area contributed by atoms with Gasteiger partial charge >= 0.3 is 0 Å². The molecule has 0 bridgehead atoms. The van der Waals surface area contributed by atoms with E-state index in [2.05, 4.69) is 42.0 Å². The van der Waals surface area contributed by atoms with Crippen molar-refractivity contribution in [2.24, 2.45) is 0 Å². The number of nitrogens with zero attached hydrogens (tertiary/aromatic N) is 1. The van der Waals surface area contributed by atoms with Gasteiger partial charge in [0.05, 0.1) is 7.11 Å². The fourth-order valence-electron chi connectivity index (χ4n) is 2.55. The summed E-state index contributed by atoms with van der Waals surface area (Å²) in [4.78, 5) is 0. The molecule has 102 valence electrons. The highest BCUT2D eigenvalue weighted by Gasteiger charge is 2.04. The molecule has 1 aromatic heterocycles. The smallest absolute Gasteiger partial charge is 0.121 e. The van der Waals surface area contributed by atoms with E-state index in [1.165, 1.54) is 16.5 Å². The van der Waals surface area contributed by atoms with E-state index in [9.17, 15) is 0 Å². The third-order valence-electron chi connectivity index (χ3n) is 3.50. The average Bonchev–Trinajstić information content (AvgIpc) is 2.80. The third kappa shape index (κ3) is 2.35. The molecule has 0 unspecified atom stereocenters. The van der Waals surface area contributed by atoms with Crippen LogP contribution in [-0.4, -0.2) is 11.7 Å². The Bertz CT molecular complexity index is 759. The number of benzene rings is 2. The van der Waals surface area contributed by atoms with Gasteiger partial charge < -0.3 is 15.0 Å². The fraction of sp³-hybridized carbons (Fsp3) is 0.176. The zero-order chi connectivity index (χ0) is 14.1. The Balaban J connectivity index is 1.99. The predicted molar refractivity (Wildman–Crippen MR) is 83.2 cm³/mol. The van der Waals surface area contributed by atoms with E-state index in [1.54, 1.807) is 7.11 Å². The first-order chi connectivity index (χ1) is 9.65. The minimum atomic E-state index is 0.728. The summed E-state index contributed by atoms with van der Waals surface area (Å²) < 4.78 is 7.49. The van der Waals surface area contributed by atoms with Gasteiger partial charge in [-0.25, -0.2) is 0 Å². The van der Waals surface area contributed by atoms with E-state index < -0.39 is 0 Å². The standard InChI is InChI=1S/C17H18N2O/c1-12-3-4-17-14(7-12)5-6-19(17)11-13-8-15(18)10-16(9-13)20-2/h3-10H,11,18H2,1-2H3. The van der Waals surface area contributed by atoms with Crippen molar-refractivity contribution in [3.8, 4) is 5.75 Å². The summed E-state index contributed by atoms with van der Waals surface area (Å²) in [6.07, 6.45) is 2.11. The SMILES string of the molecule is COc1cc(N)cc(Cn2ccc3cc(C)ccc32)c1. The second kappa shape index (κ2) is 4.93. The molecule has 3 aromatic rings. The van der Waals surface area contributed by atoms with Gasteiger partial charge in [-0.1, -0.05) is 11.6 Å². The normalized spacial score (nSPS) is 10.9. The maximum atomic E-state index is 5.91. The van der Waals surface area contributed by atoms with Crippen LogP contribution in [0.5, 0.6) is 5.75 Å². The molecule has 0 aliphatic carbocycles. The van der Waals surface area contributed by atoms with E-state index in [4.69, 9.17) is 10.5 Å². The van der Waals surface area contributed by atoms with E-state index >= 15 is 0 Å². The van der Waals surface area contributed by atoms with Gasteiger partial charge in [0.1, 0.15) is 5.75 Å². The molecule has 0 amide bonds. The van der Waals surface area contributed by atoms with Crippen LogP contribution < -0.4 is 10.5 Å². The molecule has 3 heteroatoms. The average molecular weight is 266 g/mol. The Kier molecular flexibility index (Phi) is 3.11. The number of hydrogen-bond acceptors (Lipinski definition) is 2. The van der Waals surface area contributed by atoms with Crippen molar-refractivity contribution in [3.05, 3.63) is 59.8 Å². The van der Waals surface area contributed by atoms with Crippen molar-refractivity contribution in [1.82, 2.24) is 4.57 Å². The van der Waals surface area contributed by atoms with Crippen molar-refractivity contribution >= 4 is 16.6 Å². The van der Waals surface area contributed by atoms with Crippen LogP contribution in [0.3, 0.4) is 0 Å². The fourth-order valence-corrected chi connectivity index (χ4v) is 2.55. The predicted octanol–water partition coefficient (Wildman–Crippen LogP) is 3.59. The van der Waals surface area contributed by atoms with Crippen LogP contribution in [0, 0.1) is 6.92 Å². The number of aromatic nitrogens is 1.